The predicted molar refractivity (Wildman–Crippen MR) is 97.8 cm³/mol. The quantitative estimate of drug-likeness (QED) is 0.445. The molecule has 0 atom stereocenters. The van der Waals surface area contributed by atoms with Crippen LogP contribution in [0.3, 0.4) is 0 Å². The van der Waals surface area contributed by atoms with Gasteiger partial charge in [-0.05, 0) is 51.2 Å². The fourth-order valence-corrected chi connectivity index (χ4v) is 3.39. The summed E-state index contributed by atoms with van der Waals surface area (Å²) in [6.45, 7) is 3.01. The molecule has 0 spiro atoms. The van der Waals surface area contributed by atoms with Gasteiger partial charge in [-0.2, -0.15) is 0 Å². The van der Waals surface area contributed by atoms with Gasteiger partial charge in [-0.15, -0.1) is 11.3 Å². The largest absolute Gasteiger partial charge is 0.466 e. The summed E-state index contributed by atoms with van der Waals surface area (Å²) in [7, 11) is 0. The molecule has 0 amide bonds. The van der Waals surface area contributed by atoms with E-state index in [1.54, 1.807) is 6.92 Å². The molecule has 1 aliphatic carbocycles. The third kappa shape index (κ3) is 6.66. The molecule has 1 aromatic rings. The number of rotatable bonds is 7. The zero-order valence-electron chi connectivity index (χ0n) is 13.4. The summed E-state index contributed by atoms with van der Waals surface area (Å²) in [4.78, 5) is 15.8. The van der Waals surface area contributed by atoms with Crippen molar-refractivity contribution in [1.29, 1.82) is 0 Å². The Balaban J connectivity index is 1.69. The zero-order chi connectivity index (χ0) is 16.5. The van der Waals surface area contributed by atoms with Crippen LogP contribution in [0.5, 0.6) is 0 Å². The van der Waals surface area contributed by atoms with Crippen molar-refractivity contribution in [3.8, 4) is 0 Å². The second-order valence-electron chi connectivity index (χ2n) is 5.36. The lowest BCUT2D eigenvalue weighted by Crippen LogP contribution is -2.29. The predicted octanol–water partition coefficient (Wildman–Crippen LogP) is 3.43. The van der Waals surface area contributed by atoms with Gasteiger partial charge in [0.25, 0.3) is 0 Å². The van der Waals surface area contributed by atoms with Gasteiger partial charge < -0.3 is 15.4 Å². The Morgan fingerprint density at radius 2 is 2.35 bits per heavy atom. The van der Waals surface area contributed by atoms with Crippen molar-refractivity contribution in [3.05, 3.63) is 22.7 Å². The lowest BCUT2D eigenvalue weighted by Gasteiger charge is -2.13. The number of hydrogen-bond donors (Lipinski definition) is 2. The number of thiazole rings is 1. The van der Waals surface area contributed by atoms with Crippen molar-refractivity contribution < 1.29 is 9.53 Å². The molecule has 7 heteroatoms. The lowest BCUT2D eigenvalue weighted by molar-refractivity contribution is -0.142. The van der Waals surface area contributed by atoms with Crippen LogP contribution in [0.15, 0.2) is 17.0 Å². The Kier molecular flexibility index (Phi) is 7.48. The van der Waals surface area contributed by atoms with Crippen LogP contribution in [0.1, 0.15) is 44.7 Å². The molecular formula is C16H23N3O2S2. The fourth-order valence-electron chi connectivity index (χ4n) is 2.42. The van der Waals surface area contributed by atoms with Crippen LogP contribution < -0.4 is 10.6 Å². The summed E-state index contributed by atoms with van der Waals surface area (Å²) < 4.78 is 4.91. The van der Waals surface area contributed by atoms with Crippen molar-refractivity contribution in [2.24, 2.45) is 0 Å². The Bertz CT molecular complexity index is 569. The molecule has 0 aromatic carbocycles. The van der Waals surface area contributed by atoms with Gasteiger partial charge in [0.15, 0.2) is 10.2 Å². The number of carbonyl (C=O) groups is 1. The molecule has 0 fully saturated rings. The van der Waals surface area contributed by atoms with Gasteiger partial charge in [0.1, 0.15) is 0 Å². The second kappa shape index (κ2) is 9.62. The van der Waals surface area contributed by atoms with Gasteiger partial charge in [-0.1, -0.05) is 11.6 Å². The highest BCUT2D eigenvalue weighted by Crippen LogP contribution is 2.19. The van der Waals surface area contributed by atoms with Crippen LogP contribution in [0.4, 0.5) is 5.13 Å². The molecule has 1 aliphatic rings. The van der Waals surface area contributed by atoms with Gasteiger partial charge >= 0.3 is 5.97 Å². The minimum atomic E-state index is -0.259. The van der Waals surface area contributed by atoms with Gasteiger partial charge in [0.2, 0.25) is 0 Å². The monoisotopic (exact) mass is 353 g/mol. The maximum atomic E-state index is 11.4. The summed E-state index contributed by atoms with van der Waals surface area (Å²) in [6, 6.07) is 0. The number of esters is 1. The molecule has 2 N–H and O–H groups in total. The van der Waals surface area contributed by atoms with Crippen molar-refractivity contribution in [2.75, 3.05) is 18.5 Å². The van der Waals surface area contributed by atoms with Crippen molar-refractivity contribution >= 4 is 39.8 Å². The molecule has 0 radical (unpaired) electrons. The minimum absolute atomic E-state index is 0.195. The van der Waals surface area contributed by atoms with Gasteiger partial charge in [-0.25, -0.2) is 4.98 Å². The standard InChI is InChI=1S/C16H23N3O2S2/c1-2-21-14(20)10-13-11-23-16(18-13)19-15(22)17-9-8-12-6-4-3-5-7-12/h6,11H,2-5,7-10H2,1H3,(H2,17,18,19,22). The highest BCUT2D eigenvalue weighted by Gasteiger charge is 2.09. The molecule has 0 saturated carbocycles. The number of aromatic nitrogens is 1. The average Bonchev–Trinajstić information content (AvgIpc) is 2.95. The molecule has 0 saturated heterocycles. The molecule has 0 bridgehead atoms. The number of carbonyl (C=O) groups excluding carboxylic acids is 1. The highest BCUT2D eigenvalue weighted by atomic mass is 32.1. The van der Waals surface area contributed by atoms with E-state index < -0.39 is 0 Å². The van der Waals surface area contributed by atoms with Crippen LogP contribution in [-0.4, -0.2) is 29.2 Å². The molecule has 5 nitrogen and oxygen atoms in total. The first-order valence-corrected chi connectivity index (χ1v) is 9.29. The summed E-state index contributed by atoms with van der Waals surface area (Å²) >= 11 is 6.71. The van der Waals surface area contributed by atoms with E-state index in [-0.39, 0.29) is 12.4 Å². The summed E-state index contributed by atoms with van der Waals surface area (Å²) in [5.74, 6) is -0.259. The number of anilines is 1. The third-order valence-electron chi connectivity index (χ3n) is 3.52. The number of nitrogens with one attached hydrogen (secondary N) is 2. The van der Waals surface area contributed by atoms with Crippen LogP contribution in [-0.2, 0) is 16.0 Å². The van der Waals surface area contributed by atoms with E-state index in [1.807, 2.05) is 5.38 Å². The van der Waals surface area contributed by atoms with Crippen LogP contribution in [0, 0.1) is 0 Å². The number of ether oxygens (including phenoxy) is 1. The third-order valence-corrected chi connectivity index (χ3v) is 4.57. The lowest BCUT2D eigenvalue weighted by atomic mass is 9.97. The number of allylic oxidation sites excluding steroid dienone is 1. The Hall–Kier alpha value is -1.47. The van der Waals surface area contributed by atoms with Crippen molar-refractivity contribution in [3.63, 3.8) is 0 Å². The zero-order valence-corrected chi connectivity index (χ0v) is 15.0. The SMILES string of the molecule is CCOC(=O)Cc1csc(NC(=S)NCCC2=CCCCC2)n1. The molecule has 1 heterocycles. The minimum Gasteiger partial charge on any atom is -0.466 e. The summed E-state index contributed by atoms with van der Waals surface area (Å²) in [5, 5.41) is 9.37. The fraction of sp³-hybridized carbons (Fsp3) is 0.562. The normalized spacial score (nSPS) is 14.0. The van der Waals surface area contributed by atoms with E-state index in [9.17, 15) is 4.79 Å². The van der Waals surface area contributed by atoms with Gasteiger partial charge in [0, 0.05) is 11.9 Å². The van der Waals surface area contributed by atoms with E-state index >= 15 is 0 Å². The molecule has 1 aromatic heterocycles. The second-order valence-corrected chi connectivity index (χ2v) is 6.63. The molecule has 0 unspecified atom stereocenters. The van der Waals surface area contributed by atoms with E-state index in [0.29, 0.717) is 22.5 Å². The van der Waals surface area contributed by atoms with Gasteiger partial charge in [-0.3, -0.25) is 4.79 Å². The van der Waals surface area contributed by atoms with Crippen molar-refractivity contribution in [2.45, 2.75) is 45.4 Å². The van der Waals surface area contributed by atoms with E-state index in [4.69, 9.17) is 17.0 Å². The Morgan fingerprint density at radius 3 is 3.09 bits per heavy atom. The number of thiocarbonyl (C=S) groups is 1. The van der Waals surface area contributed by atoms with E-state index in [1.165, 1.54) is 42.6 Å². The number of nitrogens with zero attached hydrogens (tertiary/aromatic N) is 1. The maximum Gasteiger partial charge on any atom is 0.311 e. The van der Waals surface area contributed by atoms with E-state index in [2.05, 4.69) is 21.7 Å². The van der Waals surface area contributed by atoms with Gasteiger partial charge in [0.05, 0.1) is 18.7 Å². The average molecular weight is 354 g/mol. The first kappa shape index (κ1) is 17.9. The van der Waals surface area contributed by atoms with Crippen LogP contribution in [0.2, 0.25) is 0 Å². The number of hydrogen-bond acceptors (Lipinski definition) is 5. The van der Waals surface area contributed by atoms with Crippen LogP contribution in [0.25, 0.3) is 0 Å². The maximum absolute atomic E-state index is 11.4. The molecule has 23 heavy (non-hydrogen) atoms. The first-order valence-electron chi connectivity index (χ1n) is 8.00. The molecule has 2 rings (SSSR count). The molecule has 0 aliphatic heterocycles. The first-order chi connectivity index (χ1) is 11.2. The smallest absolute Gasteiger partial charge is 0.311 e. The Labute approximate surface area is 146 Å². The Morgan fingerprint density at radius 1 is 1.48 bits per heavy atom. The van der Waals surface area contributed by atoms with E-state index in [0.717, 1.165) is 13.0 Å². The summed E-state index contributed by atoms with van der Waals surface area (Å²) in [5.41, 5.74) is 2.23. The van der Waals surface area contributed by atoms with Crippen LogP contribution >= 0.6 is 23.6 Å². The topological polar surface area (TPSA) is 63.2 Å². The highest BCUT2D eigenvalue weighted by molar-refractivity contribution is 7.80. The molecular weight excluding hydrogens is 330 g/mol. The van der Waals surface area contributed by atoms with Crippen molar-refractivity contribution in [1.82, 2.24) is 10.3 Å². The molecule has 126 valence electrons. The summed E-state index contributed by atoms with van der Waals surface area (Å²) in [6.07, 6.45) is 8.62.